The topological polar surface area (TPSA) is 97.0 Å². The Morgan fingerprint density at radius 2 is 1.80 bits per heavy atom. The van der Waals surface area contributed by atoms with E-state index in [0.717, 1.165) is 15.7 Å². The molecule has 0 aliphatic carbocycles. The van der Waals surface area contributed by atoms with Gasteiger partial charge in [-0.05, 0) is 48.9 Å². The van der Waals surface area contributed by atoms with Crippen molar-refractivity contribution in [3.05, 3.63) is 52.0 Å². The van der Waals surface area contributed by atoms with Crippen molar-refractivity contribution in [3.8, 4) is 11.5 Å². The SMILES string of the molecule is COc1ccc(C(=O)NNC(=O)C2CC(=O)N(c3ccc(Br)c(C)c3)C2)cc1OC. The van der Waals surface area contributed by atoms with Gasteiger partial charge in [0, 0.05) is 28.7 Å². The highest BCUT2D eigenvalue weighted by Crippen LogP contribution is 2.29. The van der Waals surface area contributed by atoms with Crippen LogP contribution >= 0.6 is 15.9 Å². The molecule has 0 spiro atoms. The lowest BCUT2D eigenvalue weighted by Crippen LogP contribution is -2.45. The Bertz CT molecular complexity index is 995. The molecule has 1 aliphatic heterocycles. The fourth-order valence-corrected chi connectivity index (χ4v) is 3.45. The number of hydrogen-bond donors (Lipinski definition) is 2. The van der Waals surface area contributed by atoms with E-state index in [-0.39, 0.29) is 18.9 Å². The van der Waals surface area contributed by atoms with Crippen LogP contribution in [0.5, 0.6) is 11.5 Å². The number of carbonyl (C=O) groups is 3. The summed E-state index contributed by atoms with van der Waals surface area (Å²) in [6.07, 6.45) is 0.0766. The highest BCUT2D eigenvalue weighted by atomic mass is 79.9. The highest BCUT2D eigenvalue weighted by molar-refractivity contribution is 9.10. The van der Waals surface area contributed by atoms with Crippen LogP contribution in [0.1, 0.15) is 22.3 Å². The number of nitrogens with zero attached hydrogens (tertiary/aromatic N) is 1. The number of hydrogen-bond acceptors (Lipinski definition) is 5. The Morgan fingerprint density at radius 1 is 1.07 bits per heavy atom. The molecule has 158 valence electrons. The summed E-state index contributed by atoms with van der Waals surface area (Å²) in [4.78, 5) is 38.8. The molecule has 3 rings (SSSR count). The predicted molar refractivity (Wildman–Crippen MR) is 114 cm³/mol. The van der Waals surface area contributed by atoms with E-state index in [1.54, 1.807) is 17.0 Å². The zero-order valence-electron chi connectivity index (χ0n) is 16.8. The van der Waals surface area contributed by atoms with Crippen molar-refractivity contribution in [2.75, 3.05) is 25.7 Å². The lowest BCUT2D eigenvalue weighted by atomic mass is 10.1. The molecule has 9 heteroatoms. The predicted octanol–water partition coefficient (Wildman–Crippen LogP) is 2.59. The first-order chi connectivity index (χ1) is 14.3. The minimum atomic E-state index is -0.563. The normalized spacial score (nSPS) is 15.7. The number of carbonyl (C=O) groups excluding carboxylic acids is 3. The summed E-state index contributed by atoms with van der Waals surface area (Å²) >= 11 is 3.44. The number of aryl methyl sites for hydroxylation is 1. The molecule has 8 nitrogen and oxygen atoms in total. The highest BCUT2D eigenvalue weighted by Gasteiger charge is 2.35. The lowest BCUT2D eigenvalue weighted by molar-refractivity contribution is -0.126. The summed E-state index contributed by atoms with van der Waals surface area (Å²) in [7, 11) is 2.97. The lowest BCUT2D eigenvalue weighted by Gasteiger charge is -2.18. The van der Waals surface area contributed by atoms with Gasteiger partial charge in [0.1, 0.15) is 0 Å². The van der Waals surface area contributed by atoms with Crippen LogP contribution in [0.2, 0.25) is 0 Å². The van der Waals surface area contributed by atoms with Crippen molar-refractivity contribution in [2.45, 2.75) is 13.3 Å². The third-order valence-electron chi connectivity index (χ3n) is 4.89. The molecule has 1 saturated heterocycles. The summed E-state index contributed by atoms with van der Waals surface area (Å²) in [6.45, 7) is 2.18. The maximum absolute atomic E-state index is 12.5. The molecule has 3 amide bonds. The van der Waals surface area contributed by atoms with Crippen LogP contribution in [0.3, 0.4) is 0 Å². The van der Waals surface area contributed by atoms with Crippen molar-refractivity contribution in [3.63, 3.8) is 0 Å². The average Bonchev–Trinajstić information content (AvgIpc) is 3.14. The van der Waals surface area contributed by atoms with Gasteiger partial charge >= 0.3 is 0 Å². The maximum Gasteiger partial charge on any atom is 0.269 e. The summed E-state index contributed by atoms with van der Waals surface area (Å²) in [5, 5.41) is 0. The van der Waals surface area contributed by atoms with E-state index in [1.807, 2.05) is 25.1 Å². The van der Waals surface area contributed by atoms with Gasteiger partial charge in [0.2, 0.25) is 11.8 Å². The molecule has 1 atom stereocenters. The number of anilines is 1. The van der Waals surface area contributed by atoms with Gasteiger partial charge in [-0.25, -0.2) is 0 Å². The minimum absolute atomic E-state index is 0.0766. The molecule has 30 heavy (non-hydrogen) atoms. The van der Waals surface area contributed by atoms with Gasteiger partial charge in [0.15, 0.2) is 11.5 Å². The molecule has 0 bridgehead atoms. The quantitative estimate of drug-likeness (QED) is 0.647. The second-order valence-electron chi connectivity index (χ2n) is 6.85. The number of hydrazine groups is 1. The van der Waals surface area contributed by atoms with E-state index in [4.69, 9.17) is 9.47 Å². The zero-order chi connectivity index (χ0) is 21.8. The number of methoxy groups -OCH3 is 2. The van der Waals surface area contributed by atoms with E-state index in [0.29, 0.717) is 17.1 Å². The van der Waals surface area contributed by atoms with Crippen LogP contribution < -0.4 is 25.2 Å². The molecule has 0 saturated carbocycles. The standard InChI is InChI=1S/C21H22BrN3O5/c1-12-8-15(5-6-16(12)22)25-11-14(10-19(25)26)21(28)24-23-20(27)13-4-7-17(29-2)18(9-13)30-3/h4-9,14H,10-11H2,1-3H3,(H,23,27)(H,24,28). The van der Waals surface area contributed by atoms with E-state index in [2.05, 4.69) is 26.8 Å². The van der Waals surface area contributed by atoms with Crippen LogP contribution in [0.15, 0.2) is 40.9 Å². The summed E-state index contributed by atoms with van der Waals surface area (Å²) in [5.74, 6) is -0.734. The third kappa shape index (κ3) is 4.56. The largest absolute Gasteiger partial charge is 0.493 e. The molecule has 2 aromatic carbocycles. The van der Waals surface area contributed by atoms with E-state index in [9.17, 15) is 14.4 Å². The van der Waals surface area contributed by atoms with Crippen molar-refractivity contribution in [2.24, 2.45) is 5.92 Å². The monoisotopic (exact) mass is 475 g/mol. The van der Waals surface area contributed by atoms with Crippen LogP contribution in [0, 0.1) is 12.8 Å². The first-order valence-corrected chi connectivity index (χ1v) is 10.0. The Morgan fingerprint density at radius 3 is 2.47 bits per heavy atom. The number of halogens is 1. The smallest absolute Gasteiger partial charge is 0.269 e. The van der Waals surface area contributed by atoms with Gasteiger partial charge in [-0.1, -0.05) is 15.9 Å². The van der Waals surface area contributed by atoms with E-state index >= 15 is 0 Å². The van der Waals surface area contributed by atoms with Crippen LogP contribution in [0.4, 0.5) is 5.69 Å². The number of nitrogens with one attached hydrogen (secondary N) is 2. The summed E-state index contributed by atoms with van der Waals surface area (Å²) < 4.78 is 11.3. The molecule has 2 aromatic rings. The molecule has 2 N–H and O–H groups in total. The van der Waals surface area contributed by atoms with Gasteiger partial charge in [-0.15, -0.1) is 0 Å². The third-order valence-corrected chi connectivity index (χ3v) is 5.78. The number of amides is 3. The maximum atomic E-state index is 12.5. The molecule has 1 heterocycles. The number of ether oxygens (including phenoxy) is 2. The first-order valence-electron chi connectivity index (χ1n) is 9.22. The van der Waals surface area contributed by atoms with E-state index in [1.165, 1.54) is 20.3 Å². The molecule has 0 aromatic heterocycles. The molecular weight excluding hydrogens is 454 g/mol. The molecule has 0 radical (unpaired) electrons. The minimum Gasteiger partial charge on any atom is -0.493 e. The number of benzene rings is 2. The van der Waals surface area contributed by atoms with Crippen molar-refractivity contribution < 1.29 is 23.9 Å². The Balaban J connectivity index is 1.60. The van der Waals surface area contributed by atoms with Crippen LogP contribution in [-0.2, 0) is 9.59 Å². The van der Waals surface area contributed by atoms with Gasteiger partial charge in [-0.3, -0.25) is 25.2 Å². The second-order valence-corrected chi connectivity index (χ2v) is 7.71. The average molecular weight is 476 g/mol. The van der Waals surface area contributed by atoms with Gasteiger partial charge in [0.05, 0.1) is 20.1 Å². The Hall–Kier alpha value is -3.07. The summed E-state index contributed by atoms with van der Waals surface area (Å²) in [5.41, 5.74) is 6.82. The van der Waals surface area contributed by atoms with Crippen LogP contribution in [-0.4, -0.2) is 38.5 Å². The Labute approximate surface area is 182 Å². The fourth-order valence-electron chi connectivity index (χ4n) is 3.20. The fraction of sp³-hybridized carbons (Fsp3) is 0.286. The summed E-state index contributed by atoms with van der Waals surface area (Å²) in [6, 6.07) is 10.3. The molecule has 1 fully saturated rings. The van der Waals surface area contributed by atoms with Crippen molar-refractivity contribution in [1.29, 1.82) is 0 Å². The molecule has 1 unspecified atom stereocenters. The van der Waals surface area contributed by atoms with Gasteiger partial charge < -0.3 is 14.4 Å². The molecule has 1 aliphatic rings. The number of rotatable bonds is 5. The Kier molecular flexibility index (Phi) is 6.61. The van der Waals surface area contributed by atoms with Gasteiger partial charge in [0.25, 0.3) is 5.91 Å². The van der Waals surface area contributed by atoms with Gasteiger partial charge in [-0.2, -0.15) is 0 Å². The van der Waals surface area contributed by atoms with Crippen molar-refractivity contribution >= 4 is 39.3 Å². The second kappa shape index (κ2) is 9.17. The van der Waals surface area contributed by atoms with Crippen molar-refractivity contribution in [1.82, 2.24) is 10.9 Å². The van der Waals surface area contributed by atoms with Crippen LogP contribution in [0.25, 0.3) is 0 Å². The van der Waals surface area contributed by atoms with E-state index < -0.39 is 17.7 Å². The molecular formula is C21H22BrN3O5. The first kappa shape index (κ1) is 21.6. The zero-order valence-corrected chi connectivity index (χ0v) is 18.4.